The lowest BCUT2D eigenvalue weighted by Gasteiger charge is -2.14. The van der Waals surface area contributed by atoms with Crippen LogP contribution in [0.2, 0.25) is 0 Å². The Kier molecular flexibility index (Phi) is 6.27. The van der Waals surface area contributed by atoms with E-state index in [0.29, 0.717) is 11.9 Å². The van der Waals surface area contributed by atoms with Crippen LogP contribution >= 0.6 is 0 Å². The Labute approximate surface area is 251 Å². The number of benzene rings is 5. The van der Waals surface area contributed by atoms with Gasteiger partial charge in [0.25, 0.3) is 0 Å². The number of rotatable bonds is 5. The van der Waals surface area contributed by atoms with E-state index < -0.39 is 0 Å². The fraction of sp³-hybridized carbons (Fsp3) is 0.0500. The van der Waals surface area contributed by atoms with Gasteiger partial charge in [-0.25, -0.2) is 9.97 Å². The summed E-state index contributed by atoms with van der Waals surface area (Å²) in [6.45, 7) is 0. The first kappa shape index (κ1) is 25.2. The standard InChI is InChI=1S/C40H29N3/c1-3-10-28(11-4-1)30-18-20-31(21-19-30)32-14-9-15-34(26-32)37-24-25-41-40(42-37)43-38-17-8-7-16-35(38)36-23-22-33(27-39(36)43)29-12-5-2-6-13-29/h1-12,14-27,29H,13H2. The van der Waals surface area contributed by atoms with E-state index >= 15 is 0 Å². The van der Waals surface area contributed by atoms with Crippen LogP contribution in [0.5, 0.6) is 0 Å². The molecule has 8 rings (SSSR count). The van der Waals surface area contributed by atoms with E-state index in [1.54, 1.807) is 0 Å². The number of hydrogen-bond donors (Lipinski definition) is 0. The van der Waals surface area contributed by atoms with Gasteiger partial charge in [-0.1, -0.05) is 127 Å². The van der Waals surface area contributed by atoms with Gasteiger partial charge in [0, 0.05) is 28.5 Å². The molecule has 3 nitrogen and oxygen atoms in total. The summed E-state index contributed by atoms with van der Waals surface area (Å²) in [5.41, 5.74) is 10.3. The molecule has 1 aliphatic rings. The second-order valence-corrected chi connectivity index (χ2v) is 11.1. The topological polar surface area (TPSA) is 30.7 Å². The predicted octanol–water partition coefficient (Wildman–Crippen LogP) is 10.2. The van der Waals surface area contributed by atoms with Crippen molar-refractivity contribution in [1.82, 2.24) is 14.5 Å². The van der Waals surface area contributed by atoms with E-state index in [1.165, 1.54) is 33.0 Å². The lowest BCUT2D eigenvalue weighted by molar-refractivity contribution is 0.854. The predicted molar refractivity (Wildman–Crippen MR) is 178 cm³/mol. The summed E-state index contributed by atoms with van der Waals surface area (Å²) >= 11 is 0. The van der Waals surface area contributed by atoms with Crippen molar-refractivity contribution in [2.24, 2.45) is 0 Å². The normalized spacial score (nSPS) is 14.5. The number of allylic oxidation sites excluding steroid dienone is 4. The van der Waals surface area contributed by atoms with Crippen LogP contribution < -0.4 is 0 Å². The van der Waals surface area contributed by atoms with E-state index in [1.807, 2.05) is 18.3 Å². The molecule has 0 amide bonds. The summed E-state index contributed by atoms with van der Waals surface area (Å²) in [7, 11) is 0. The third-order valence-electron chi connectivity index (χ3n) is 8.43. The van der Waals surface area contributed by atoms with Crippen LogP contribution in [0.25, 0.3) is 61.3 Å². The molecule has 1 aliphatic carbocycles. The first-order valence-corrected chi connectivity index (χ1v) is 14.8. The van der Waals surface area contributed by atoms with E-state index in [-0.39, 0.29) is 0 Å². The molecule has 7 aromatic rings. The summed E-state index contributed by atoms with van der Waals surface area (Å²) in [6, 6.07) is 45.2. The molecule has 204 valence electrons. The fourth-order valence-electron chi connectivity index (χ4n) is 6.22. The molecular formula is C40H29N3. The van der Waals surface area contributed by atoms with Gasteiger partial charge in [0.2, 0.25) is 5.95 Å². The van der Waals surface area contributed by atoms with Crippen LogP contribution in [-0.2, 0) is 0 Å². The molecule has 0 fully saturated rings. The van der Waals surface area contributed by atoms with Crippen LogP contribution in [0.1, 0.15) is 17.9 Å². The van der Waals surface area contributed by atoms with Gasteiger partial charge < -0.3 is 0 Å². The molecule has 0 radical (unpaired) electrons. The van der Waals surface area contributed by atoms with Crippen LogP contribution in [0.15, 0.2) is 158 Å². The third-order valence-corrected chi connectivity index (χ3v) is 8.43. The zero-order valence-corrected chi connectivity index (χ0v) is 23.6. The smallest absolute Gasteiger partial charge is 0.235 e. The monoisotopic (exact) mass is 551 g/mol. The van der Waals surface area contributed by atoms with Gasteiger partial charge >= 0.3 is 0 Å². The minimum Gasteiger partial charge on any atom is -0.278 e. The van der Waals surface area contributed by atoms with Crippen molar-refractivity contribution in [3.8, 4) is 39.5 Å². The molecule has 43 heavy (non-hydrogen) atoms. The Morgan fingerprint density at radius 2 is 1.28 bits per heavy atom. The number of para-hydroxylation sites is 1. The second kappa shape index (κ2) is 10.7. The fourth-order valence-corrected chi connectivity index (χ4v) is 6.22. The highest BCUT2D eigenvalue weighted by atomic mass is 15.2. The van der Waals surface area contributed by atoms with Crippen molar-refractivity contribution in [1.29, 1.82) is 0 Å². The number of nitrogens with zero attached hydrogens (tertiary/aromatic N) is 3. The summed E-state index contributed by atoms with van der Waals surface area (Å²) in [5, 5.41) is 2.42. The second-order valence-electron chi connectivity index (χ2n) is 11.1. The highest BCUT2D eigenvalue weighted by Gasteiger charge is 2.17. The Bertz CT molecular complexity index is 2150. The zero-order valence-electron chi connectivity index (χ0n) is 23.6. The van der Waals surface area contributed by atoms with E-state index in [0.717, 1.165) is 34.3 Å². The Hall–Kier alpha value is -5.54. The van der Waals surface area contributed by atoms with Crippen molar-refractivity contribution in [3.05, 3.63) is 163 Å². The maximum atomic E-state index is 5.14. The first-order chi connectivity index (χ1) is 21.3. The van der Waals surface area contributed by atoms with Crippen molar-refractivity contribution in [2.75, 3.05) is 0 Å². The minimum absolute atomic E-state index is 0.373. The number of aromatic nitrogens is 3. The first-order valence-electron chi connectivity index (χ1n) is 14.8. The van der Waals surface area contributed by atoms with Gasteiger partial charge in [-0.05, 0) is 58.5 Å². The zero-order chi connectivity index (χ0) is 28.6. The molecule has 0 saturated carbocycles. The molecule has 1 atom stereocenters. The van der Waals surface area contributed by atoms with Gasteiger partial charge in [-0.2, -0.15) is 0 Å². The van der Waals surface area contributed by atoms with Crippen molar-refractivity contribution < 1.29 is 0 Å². The third kappa shape index (κ3) is 4.65. The minimum atomic E-state index is 0.373. The van der Waals surface area contributed by atoms with Crippen molar-refractivity contribution >= 4 is 21.8 Å². The molecule has 3 heteroatoms. The average Bonchev–Trinajstić information content (AvgIpc) is 3.43. The molecule has 5 aromatic carbocycles. The highest BCUT2D eigenvalue weighted by Crippen LogP contribution is 2.35. The van der Waals surface area contributed by atoms with Crippen molar-refractivity contribution in [2.45, 2.75) is 12.3 Å². The molecule has 1 unspecified atom stereocenters. The molecule has 0 N–H and O–H groups in total. The molecule has 0 spiro atoms. The molecule has 0 bridgehead atoms. The summed E-state index contributed by atoms with van der Waals surface area (Å²) in [6.07, 6.45) is 11.7. The lowest BCUT2D eigenvalue weighted by atomic mass is 9.92. The largest absolute Gasteiger partial charge is 0.278 e. The van der Waals surface area contributed by atoms with Gasteiger partial charge in [-0.15, -0.1) is 0 Å². The Morgan fingerprint density at radius 1 is 0.558 bits per heavy atom. The van der Waals surface area contributed by atoms with Crippen molar-refractivity contribution in [3.63, 3.8) is 0 Å². The Balaban J connectivity index is 1.19. The van der Waals surface area contributed by atoms with Crippen LogP contribution in [0.4, 0.5) is 0 Å². The van der Waals surface area contributed by atoms with Crippen LogP contribution in [0.3, 0.4) is 0 Å². The quantitative estimate of drug-likeness (QED) is 0.213. The van der Waals surface area contributed by atoms with Gasteiger partial charge in [0.05, 0.1) is 16.7 Å². The number of fused-ring (bicyclic) bond motifs is 3. The highest BCUT2D eigenvalue weighted by molar-refractivity contribution is 6.09. The van der Waals surface area contributed by atoms with Gasteiger partial charge in [0.1, 0.15) is 0 Å². The number of hydrogen-bond acceptors (Lipinski definition) is 2. The maximum Gasteiger partial charge on any atom is 0.235 e. The van der Waals surface area contributed by atoms with E-state index in [2.05, 4.69) is 144 Å². The summed E-state index contributed by atoms with van der Waals surface area (Å²) < 4.78 is 2.21. The van der Waals surface area contributed by atoms with Crippen LogP contribution in [-0.4, -0.2) is 14.5 Å². The average molecular weight is 552 g/mol. The van der Waals surface area contributed by atoms with Gasteiger partial charge in [-0.3, -0.25) is 4.57 Å². The molecule has 2 aromatic heterocycles. The van der Waals surface area contributed by atoms with Gasteiger partial charge in [0.15, 0.2) is 0 Å². The SMILES string of the molecule is C1=CCC(c2ccc3c4ccccc4n(-c4nccc(-c5cccc(-c6ccc(-c7ccccc7)cc6)c5)n4)c3c2)C=C1. The molecule has 0 saturated heterocycles. The molecule has 2 heterocycles. The molecular weight excluding hydrogens is 522 g/mol. The maximum absolute atomic E-state index is 5.14. The van der Waals surface area contributed by atoms with E-state index in [4.69, 9.17) is 9.97 Å². The molecule has 0 aliphatic heterocycles. The van der Waals surface area contributed by atoms with Crippen LogP contribution in [0, 0.1) is 0 Å². The summed E-state index contributed by atoms with van der Waals surface area (Å²) in [4.78, 5) is 9.94. The Morgan fingerprint density at radius 3 is 2.12 bits per heavy atom. The lowest BCUT2D eigenvalue weighted by Crippen LogP contribution is -2.02. The summed E-state index contributed by atoms with van der Waals surface area (Å²) in [5.74, 6) is 1.05. The van der Waals surface area contributed by atoms with E-state index in [9.17, 15) is 0 Å².